The maximum absolute atomic E-state index is 13.7. The molecule has 1 aromatic heterocycles. The standard InChI is InChI=1S/C29H42N6O5/c1-18-15-35(20(3)17-36)28(38)22-12-9-13-23(31-27(37)24-14-19(2)32-34(24)5)26(22)40-25(18)16-33(4)29(39)30-21-10-7-6-8-11-21/h9,12-14,18,20-21,25,36H,6-8,10-11,15-17H2,1-5H3,(H,30,39)(H,31,37)/t18-,20+,25-/m1/s1. The highest BCUT2D eigenvalue weighted by Gasteiger charge is 2.35. The molecule has 1 aliphatic carbocycles. The molecule has 218 valence electrons. The van der Waals surface area contributed by atoms with E-state index in [1.807, 2.05) is 6.92 Å². The molecule has 11 nitrogen and oxygen atoms in total. The summed E-state index contributed by atoms with van der Waals surface area (Å²) < 4.78 is 8.03. The molecule has 3 N–H and O–H groups in total. The number of ether oxygens (including phenoxy) is 1. The Labute approximate surface area is 235 Å². The molecular weight excluding hydrogens is 512 g/mol. The number of aromatic nitrogens is 2. The molecule has 40 heavy (non-hydrogen) atoms. The van der Waals surface area contributed by atoms with Crippen LogP contribution < -0.4 is 15.4 Å². The Balaban J connectivity index is 1.63. The second-order valence-electron chi connectivity index (χ2n) is 11.2. The van der Waals surface area contributed by atoms with E-state index in [0.29, 0.717) is 23.6 Å². The number of rotatable bonds is 7. The number of fused-ring (bicyclic) bond motifs is 1. The summed E-state index contributed by atoms with van der Waals surface area (Å²) in [6.45, 7) is 5.99. The van der Waals surface area contributed by atoms with E-state index >= 15 is 0 Å². The van der Waals surface area contributed by atoms with Crippen LogP contribution in [0.15, 0.2) is 24.3 Å². The van der Waals surface area contributed by atoms with E-state index in [4.69, 9.17) is 4.74 Å². The SMILES string of the molecule is Cc1cc(C(=O)Nc2cccc3c2O[C@H](CN(C)C(=O)NC2CCCCC2)[C@H](C)CN([C@@H](C)CO)C3=O)n(C)n1. The lowest BCUT2D eigenvalue weighted by Crippen LogP contribution is -2.52. The number of benzene rings is 1. The van der Waals surface area contributed by atoms with Crippen molar-refractivity contribution in [2.75, 3.05) is 32.1 Å². The molecular formula is C29H42N6O5. The Bertz CT molecular complexity index is 1220. The van der Waals surface area contributed by atoms with E-state index in [9.17, 15) is 19.5 Å². The number of anilines is 1. The average Bonchev–Trinajstić information content (AvgIpc) is 3.28. The molecule has 1 saturated carbocycles. The van der Waals surface area contributed by atoms with Gasteiger partial charge >= 0.3 is 6.03 Å². The van der Waals surface area contributed by atoms with Crippen molar-refractivity contribution in [3.05, 3.63) is 41.2 Å². The van der Waals surface area contributed by atoms with Gasteiger partial charge in [0.15, 0.2) is 5.75 Å². The van der Waals surface area contributed by atoms with Crippen molar-refractivity contribution in [2.45, 2.75) is 71.1 Å². The number of nitrogens with zero attached hydrogens (tertiary/aromatic N) is 4. The summed E-state index contributed by atoms with van der Waals surface area (Å²) in [4.78, 5) is 43.2. The molecule has 0 saturated heterocycles. The van der Waals surface area contributed by atoms with Gasteiger partial charge in [-0.1, -0.05) is 32.3 Å². The first kappa shape index (κ1) is 29.4. The van der Waals surface area contributed by atoms with E-state index in [1.54, 1.807) is 62.0 Å². The average molecular weight is 555 g/mol. The fraction of sp³-hybridized carbons (Fsp3) is 0.586. The van der Waals surface area contributed by atoms with E-state index in [1.165, 1.54) is 11.1 Å². The van der Waals surface area contributed by atoms with Crippen LogP contribution in [0.25, 0.3) is 0 Å². The van der Waals surface area contributed by atoms with Crippen LogP contribution in [-0.4, -0.2) is 87.5 Å². The number of likely N-dealkylation sites (N-methyl/N-ethyl adjacent to an activating group) is 1. The van der Waals surface area contributed by atoms with E-state index in [-0.39, 0.29) is 54.3 Å². The summed E-state index contributed by atoms with van der Waals surface area (Å²) in [5.74, 6) is -0.617. The zero-order valence-electron chi connectivity index (χ0n) is 24.1. The summed E-state index contributed by atoms with van der Waals surface area (Å²) in [5, 5.41) is 20.2. The van der Waals surface area contributed by atoms with Crippen LogP contribution in [0.1, 0.15) is 72.5 Å². The number of urea groups is 1. The van der Waals surface area contributed by atoms with E-state index in [2.05, 4.69) is 15.7 Å². The number of nitrogens with one attached hydrogen (secondary N) is 2. The number of para-hydroxylation sites is 1. The van der Waals surface area contributed by atoms with Crippen molar-refractivity contribution in [2.24, 2.45) is 13.0 Å². The van der Waals surface area contributed by atoms with Crippen LogP contribution in [0.3, 0.4) is 0 Å². The first-order valence-corrected chi connectivity index (χ1v) is 14.1. The van der Waals surface area contributed by atoms with Gasteiger partial charge in [-0.15, -0.1) is 0 Å². The van der Waals surface area contributed by atoms with Gasteiger partial charge < -0.3 is 30.3 Å². The van der Waals surface area contributed by atoms with Crippen LogP contribution in [-0.2, 0) is 7.05 Å². The summed E-state index contributed by atoms with van der Waals surface area (Å²) in [7, 11) is 3.43. The Morgan fingerprint density at radius 3 is 2.62 bits per heavy atom. The molecule has 2 aliphatic rings. The summed E-state index contributed by atoms with van der Waals surface area (Å²) in [6, 6.07) is 6.32. The molecule has 3 atom stereocenters. The van der Waals surface area contributed by atoms with Crippen molar-refractivity contribution < 1.29 is 24.2 Å². The fourth-order valence-corrected chi connectivity index (χ4v) is 5.45. The second-order valence-corrected chi connectivity index (χ2v) is 11.2. The van der Waals surface area contributed by atoms with Crippen LogP contribution in [0.4, 0.5) is 10.5 Å². The second kappa shape index (κ2) is 12.7. The molecule has 0 bridgehead atoms. The lowest BCUT2D eigenvalue weighted by molar-refractivity contribution is 0.0367. The van der Waals surface area contributed by atoms with Crippen molar-refractivity contribution in [1.29, 1.82) is 0 Å². The van der Waals surface area contributed by atoms with Gasteiger partial charge in [-0.25, -0.2) is 4.79 Å². The Morgan fingerprint density at radius 2 is 1.98 bits per heavy atom. The van der Waals surface area contributed by atoms with Gasteiger partial charge in [0.1, 0.15) is 11.8 Å². The number of hydrogen-bond donors (Lipinski definition) is 3. The highest BCUT2D eigenvalue weighted by molar-refractivity contribution is 6.06. The first-order valence-electron chi connectivity index (χ1n) is 14.1. The molecule has 2 aromatic rings. The van der Waals surface area contributed by atoms with E-state index in [0.717, 1.165) is 25.7 Å². The lowest BCUT2D eigenvalue weighted by atomic mass is 9.96. The van der Waals surface area contributed by atoms with Gasteiger partial charge in [0, 0.05) is 32.6 Å². The number of carbonyl (C=O) groups is 3. The lowest BCUT2D eigenvalue weighted by Gasteiger charge is -2.38. The Morgan fingerprint density at radius 1 is 1.25 bits per heavy atom. The molecule has 1 aromatic carbocycles. The number of amides is 4. The van der Waals surface area contributed by atoms with Crippen LogP contribution in [0, 0.1) is 12.8 Å². The summed E-state index contributed by atoms with van der Waals surface area (Å²) in [6.07, 6.45) is 4.92. The highest BCUT2D eigenvalue weighted by Crippen LogP contribution is 2.35. The van der Waals surface area contributed by atoms with E-state index < -0.39 is 12.1 Å². The summed E-state index contributed by atoms with van der Waals surface area (Å²) >= 11 is 0. The number of aliphatic hydroxyl groups is 1. The maximum Gasteiger partial charge on any atom is 0.317 e. The molecule has 2 heterocycles. The van der Waals surface area contributed by atoms with Crippen molar-refractivity contribution in [3.63, 3.8) is 0 Å². The molecule has 1 aliphatic heterocycles. The Kier molecular flexibility index (Phi) is 9.34. The van der Waals surface area contributed by atoms with Crippen molar-refractivity contribution in [1.82, 2.24) is 24.9 Å². The topological polar surface area (TPSA) is 129 Å². The zero-order chi connectivity index (χ0) is 29.0. The Hall–Kier alpha value is -3.60. The molecule has 1 fully saturated rings. The minimum Gasteiger partial charge on any atom is -0.485 e. The van der Waals surface area contributed by atoms with Crippen molar-refractivity contribution >= 4 is 23.5 Å². The molecule has 0 spiro atoms. The number of hydrogen-bond acceptors (Lipinski definition) is 6. The molecule has 11 heteroatoms. The van der Waals surface area contributed by atoms with Gasteiger partial charge in [-0.3, -0.25) is 14.3 Å². The van der Waals surface area contributed by atoms with Crippen LogP contribution in [0.5, 0.6) is 5.75 Å². The molecule has 4 amide bonds. The number of carbonyl (C=O) groups excluding carboxylic acids is 3. The number of aliphatic hydroxyl groups excluding tert-OH is 1. The third kappa shape index (κ3) is 6.57. The molecule has 4 rings (SSSR count). The molecule has 0 radical (unpaired) electrons. The minimum absolute atomic E-state index is 0.158. The monoisotopic (exact) mass is 554 g/mol. The third-order valence-electron chi connectivity index (χ3n) is 7.91. The molecule has 0 unspecified atom stereocenters. The quantitative estimate of drug-likeness (QED) is 0.482. The third-order valence-corrected chi connectivity index (χ3v) is 7.91. The first-order chi connectivity index (χ1) is 19.1. The zero-order valence-corrected chi connectivity index (χ0v) is 24.1. The predicted molar refractivity (Wildman–Crippen MR) is 152 cm³/mol. The largest absolute Gasteiger partial charge is 0.485 e. The van der Waals surface area contributed by atoms with Gasteiger partial charge in [-0.2, -0.15) is 5.10 Å². The fourth-order valence-electron chi connectivity index (χ4n) is 5.45. The van der Waals surface area contributed by atoms with Gasteiger partial charge in [0.05, 0.1) is 36.1 Å². The van der Waals surface area contributed by atoms with Crippen LogP contribution in [0.2, 0.25) is 0 Å². The van der Waals surface area contributed by atoms with Gasteiger partial charge in [-0.05, 0) is 44.9 Å². The smallest absolute Gasteiger partial charge is 0.317 e. The van der Waals surface area contributed by atoms with Gasteiger partial charge in [0.25, 0.3) is 11.8 Å². The normalized spacial score (nSPS) is 20.6. The minimum atomic E-state index is -0.487. The van der Waals surface area contributed by atoms with Crippen molar-refractivity contribution in [3.8, 4) is 5.75 Å². The maximum atomic E-state index is 13.7. The summed E-state index contributed by atoms with van der Waals surface area (Å²) in [5.41, 5.74) is 1.71. The highest BCUT2D eigenvalue weighted by atomic mass is 16.5. The van der Waals surface area contributed by atoms with Gasteiger partial charge in [0.2, 0.25) is 0 Å². The number of aryl methyl sites for hydroxylation is 2. The van der Waals surface area contributed by atoms with Crippen LogP contribution >= 0.6 is 0 Å². The predicted octanol–water partition coefficient (Wildman–Crippen LogP) is 3.18.